The molecule has 96 valence electrons. The fourth-order valence-corrected chi connectivity index (χ4v) is 1.90. The maximum Gasteiger partial charge on any atom is 0.259 e. The van der Waals surface area contributed by atoms with Gasteiger partial charge in [0, 0.05) is 16.9 Å². The number of benzene rings is 1. The number of aromatic nitrogens is 2. The van der Waals surface area contributed by atoms with E-state index in [1.165, 1.54) is 12.1 Å². The Kier molecular flexibility index (Phi) is 4.08. The highest BCUT2D eigenvalue weighted by Crippen LogP contribution is 2.27. The van der Waals surface area contributed by atoms with Crippen LogP contribution >= 0.6 is 15.9 Å². The Hall–Kier alpha value is -1.27. The minimum Gasteiger partial charge on any atom is -0.334 e. The summed E-state index contributed by atoms with van der Waals surface area (Å²) in [6.45, 7) is 2.02. The zero-order valence-corrected chi connectivity index (χ0v) is 11.7. The fraction of sp³-hybridized carbons (Fsp3) is 0.333. The van der Waals surface area contributed by atoms with E-state index < -0.39 is 0 Å². The van der Waals surface area contributed by atoms with E-state index in [-0.39, 0.29) is 11.9 Å². The van der Waals surface area contributed by atoms with Crippen molar-refractivity contribution < 1.29 is 8.91 Å². The molecule has 0 radical (unpaired) electrons. The van der Waals surface area contributed by atoms with Crippen LogP contribution in [0.5, 0.6) is 0 Å². The first kappa shape index (κ1) is 13.2. The number of likely N-dealkylation sites (N-methyl/N-ethyl adjacent to an activating group) is 1. The molecule has 0 bridgehead atoms. The van der Waals surface area contributed by atoms with Crippen molar-refractivity contribution in [3.63, 3.8) is 0 Å². The Bertz CT molecular complexity index is 544. The van der Waals surface area contributed by atoms with Crippen LogP contribution in [0.25, 0.3) is 11.5 Å². The van der Waals surface area contributed by atoms with Gasteiger partial charge in [-0.05, 0) is 48.1 Å². The number of hydrogen-bond acceptors (Lipinski definition) is 4. The van der Waals surface area contributed by atoms with E-state index in [0.717, 1.165) is 4.47 Å². The summed E-state index contributed by atoms with van der Waals surface area (Å²) in [6.07, 6.45) is 0.660. The van der Waals surface area contributed by atoms with Crippen molar-refractivity contribution in [1.82, 2.24) is 15.5 Å². The van der Waals surface area contributed by atoms with E-state index >= 15 is 0 Å². The molecule has 1 aromatic carbocycles. The molecular formula is C12H13BrFN3O. The van der Waals surface area contributed by atoms with Crippen LogP contribution in [-0.4, -0.2) is 23.2 Å². The molecule has 1 atom stereocenters. The molecule has 0 aliphatic heterocycles. The Morgan fingerprint density at radius 3 is 3.00 bits per heavy atom. The molecule has 1 N–H and O–H groups in total. The molecule has 1 aromatic heterocycles. The molecule has 2 rings (SSSR count). The summed E-state index contributed by atoms with van der Waals surface area (Å²) in [5.74, 6) is 0.583. The monoisotopic (exact) mass is 313 g/mol. The van der Waals surface area contributed by atoms with E-state index in [9.17, 15) is 4.39 Å². The molecule has 0 aliphatic carbocycles. The summed E-state index contributed by atoms with van der Waals surface area (Å²) in [6, 6.07) is 4.60. The molecule has 2 aromatic rings. The molecule has 18 heavy (non-hydrogen) atoms. The van der Waals surface area contributed by atoms with Gasteiger partial charge in [0.05, 0.1) is 5.56 Å². The molecule has 0 amide bonds. The summed E-state index contributed by atoms with van der Waals surface area (Å²) >= 11 is 3.33. The van der Waals surface area contributed by atoms with Crippen molar-refractivity contribution in [2.75, 3.05) is 7.05 Å². The van der Waals surface area contributed by atoms with Gasteiger partial charge < -0.3 is 9.84 Å². The lowest BCUT2D eigenvalue weighted by Gasteiger charge is -2.04. The normalized spacial score (nSPS) is 12.7. The first-order chi connectivity index (χ1) is 8.60. The summed E-state index contributed by atoms with van der Waals surface area (Å²) in [5.41, 5.74) is 0.561. The highest BCUT2D eigenvalue weighted by Gasteiger charge is 2.14. The van der Waals surface area contributed by atoms with Crippen LogP contribution in [-0.2, 0) is 6.42 Å². The smallest absolute Gasteiger partial charge is 0.259 e. The van der Waals surface area contributed by atoms with Crippen LogP contribution in [0.3, 0.4) is 0 Å². The third kappa shape index (κ3) is 2.94. The van der Waals surface area contributed by atoms with Crippen LogP contribution in [0.4, 0.5) is 4.39 Å². The lowest BCUT2D eigenvalue weighted by atomic mass is 10.2. The lowest BCUT2D eigenvalue weighted by Crippen LogP contribution is -2.24. The molecule has 6 heteroatoms. The number of halogens is 2. The third-order valence-electron chi connectivity index (χ3n) is 2.61. The average Bonchev–Trinajstić information content (AvgIpc) is 2.80. The number of rotatable bonds is 4. The predicted molar refractivity (Wildman–Crippen MR) is 69.6 cm³/mol. The highest BCUT2D eigenvalue weighted by atomic mass is 79.9. The van der Waals surface area contributed by atoms with Crippen molar-refractivity contribution in [3.05, 3.63) is 34.3 Å². The van der Waals surface area contributed by atoms with Gasteiger partial charge in [-0.3, -0.25) is 0 Å². The second-order valence-electron chi connectivity index (χ2n) is 4.03. The van der Waals surface area contributed by atoms with Crippen molar-refractivity contribution >= 4 is 15.9 Å². The van der Waals surface area contributed by atoms with Gasteiger partial charge in [0.15, 0.2) is 5.82 Å². The second kappa shape index (κ2) is 5.58. The molecular weight excluding hydrogens is 301 g/mol. The van der Waals surface area contributed by atoms with Crippen molar-refractivity contribution in [2.45, 2.75) is 19.4 Å². The molecule has 1 heterocycles. The molecule has 0 saturated heterocycles. The Labute approximate surface area is 113 Å². The number of hydrogen-bond donors (Lipinski definition) is 1. The van der Waals surface area contributed by atoms with E-state index in [1.54, 1.807) is 6.07 Å². The van der Waals surface area contributed by atoms with Gasteiger partial charge in [-0.1, -0.05) is 5.16 Å². The zero-order chi connectivity index (χ0) is 13.1. The van der Waals surface area contributed by atoms with Crippen molar-refractivity contribution in [3.8, 4) is 11.5 Å². The molecule has 0 spiro atoms. The molecule has 0 aliphatic rings. The zero-order valence-electron chi connectivity index (χ0n) is 10.1. The van der Waals surface area contributed by atoms with Crippen molar-refractivity contribution in [1.29, 1.82) is 0 Å². The quantitative estimate of drug-likeness (QED) is 0.943. The van der Waals surface area contributed by atoms with Gasteiger partial charge in [0.2, 0.25) is 0 Å². The number of nitrogens with zero attached hydrogens (tertiary/aromatic N) is 2. The van der Waals surface area contributed by atoms with Gasteiger partial charge in [0.1, 0.15) is 5.82 Å². The predicted octanol–water partition coefficient (Wildman–Crippen LogP) is 2.79. The van der Waals surface area contributed by atoms with Crippen LogP contribution in [0.1, 0.15) is 12.7 Å². The summed E-state index contributed by atoms with van der Waals surface area (Å²) in [7, 11) is 1.87. The van der Waals surface area contributed by atoms with E-state index in [0.29, 0.717) is 23.7 Å². The van der Waals surface area contributed by atoms with Crippen LogP contribution in [0.2, 0.25) is 0 Å². The number of nitrogens with one attached hydrogen (secondary N) is 1. The molecule has 0 fully saturated rings. The maximum absolute atomic E-state index is 13.2. The van der Waals surface area contributed by atoms with Gasteiger partial charge in [-0.15, -0.1) is 0 Å². The summed E-state index contributed by atoms with van der Waals surface area (Å²) < 4.78 is 19.1. The minimum absolute atomic E-state index is 0.256. The minimum atomic E-state index is -0.337. The highest BCUT2D eigenvalue weighted by molar-refractivity contribution is 9.10. The second-order valence-corrected chi connectivity index (χ2v) is 4.89. The SMILES string of the molecule is CNC(C)Cc1noc(-c2cc(F)ccc2Br)n1. The van der Waals surface area contributed by atoms with E-state index in [4.69, 9.17) is 4.52 Å². The molecule has 0 saturated carbocycles. The Morgan fingerprint density at radius 2 is 2.28 bits per heavy atom. The van der Waals surface area contributed by atoms with Crippen molar-refractivity contribution in [2.24, 2.45) is 0 Å². The summed E-state index contributed by atoms with van der Waals surface area (Å²) in [4.78, 5) is 4.26. The first-order valence-electron chi connectivity index (χ1n) is 5.55. The summed E-state index contributed by atoms with van der Waals surface area (Å²) in [5, 5.41) is 6.97. The first-order valence-corrected chi connectivity index (χ1v) is 6.34. The van der Waals surface area contributed by atoms with Crippen LogP contribution < -0.4 is 5.32 Å². The van der Waals surface area contributed by atoms with Gasteiger partial charge in [-0.25, -0.2) is 4.39 Å². The van der Waals surface area contributed by atoms with E-state index in [2.05, 4.69) is 31.4 Å². The largest absolute Gasteiger partial charge is 0.334 e. The standard InChI is InChI=1S/C12H13BrFN3O/c1-7(15-2)5-11-16-12(18-17-11)9-6-8(14)3-4-10(9)13/h3-4,6-7,15H,5H2,1-2H3. The maximum atomic E-state index is 13.2. The Morgan fingerprint density at radius 1 is 1.50 bits per heavy atom. The molecule has 1 unspecified atom stereocenters. The van der Waals surface area contributed by atoms with Gasteiger partial charge in [0.25, 0.3) is 5.89 Å². The lowest BCUT2D eigenvalue weighted by molar-refractivity contribution is 0.418. The van der Waals surface area contributed by atoms with Crippen LogP contribution in [0.15, 0.2) is 27.2 Å². The van der Waals surface area contributed by atoms with Gasteiger partial charge >= 0.3 is 0 Å². The Balaban J connectivity index is 2.26. The fourth-order valence-electron chi connectivity index (χ4n) is 1.48. The van der Waals surface area contributed by atoms with Crippen LogP contribution in [0, 0.1) is 5.82 Å². The van der Waals surface area contributed by atoms with E-state index in [1.807, 2.05) is 14.0 Å². The molecule has 4 nitrogen and oxygen atoms in total. The van der Waals surface area contributed by atoms with Gasteiger partial charge in [-0.2, -0.15) is 4.98 Å². The third-order valence-corrected chi connectivity index (χ3v) is 3.30. The average molecular weight is 314 g/mol. The topological polar surface area (TPSA) is 51.0 Å².